The molecule has 0 unspecified atom stereocenters. The number of ether oxygens (including phenoxy) is 2. The molecule has 176 valence electrons. The summed E-state index contributed by atoms with van der Waals surface area (Å²) in [5.41, 5.74) is 8.80. The minimum Gasteiger partial charge on any atom is -0.487 e. The predicted octanol–water partition coefficient (Wildman–Crippen LogP) is 4.47. The van der Waals surface area contributed by atoms with Crippen LogP contribution in [0.2, 0.25) is 0 Å². The van der Waals surface area contributed by atoms with Gasteiger partial charge in [-0.1, -0.05) is 24.3 Å². The standard InChI is InChI=1S/C26H26F2N4O2/c1-31-26(32-9-10-33-2)14-20-6-5-18(12-23(20)28)19-7-8-24(30)25(13-19)34-16-21-4-3-17(15-29)11-22(21)27/h3-8,11-13H,9-10,14,16,30H2,1-2H3,(H,31,32). The third kappa shape index (κ3) is 6.30. The van der Waals surface area contributed by atoms with Gasteiger partial charge in [-0.05, 0) is 47.0 Å². The Kier molecular flexibility index (Phi) is 8.54. The monoisotopic (exact) mass is 464 g/mol. The van der Waals surface area contributed by atoms with Gasteiger partial charge in [0.25, 0.3) is 0 Å². The van der Waals surface area contributed by atoms with E-state index in [1.165, 1.54) is 18.2 Å². The molecule has 6 nitrogen and oxygen atoms in total. The Morgan fingerprint density at radius 3 is 2.41 bits per heavy atom. The molecule has 0 spiro atoms. The summed E-state index contributed by atoms with van der Waals surface area (Å²) >= 11 is 0. The SMILES string of the molecule is C/N=C(/Cc1ccc(-c2ccc(N)c(OCc3ccc(C#N)cc3F)c2)cc1F)NCCOC. The molecule has 0 bridgehead atoms. The summed E-state index contributed by atoms with van der Waals surface area (Å²) in [6, 6.07) is 16.2. The number of methoxy groups -OCH3 is 1. The molecule has 0 heterocycles. The van der Waals surface area contributed by atoms with Gasteiger partial charge in [0.05, 0.1) is 23.9 Å². The van der Waals surface area contributed by atoms with E-state index in [4.69, 9.17) is 20.5 Å². The van der Waals surface area contributed by atoms with E-state index < -0.39 is 5.82 Å². The summed E-state index contributed by atoms with van der Waals surface area (Å²) in [6.07, 6.45) is 0.332. The fraction of sp³-hybridized carbons (Fsp3) is 0.231. The van der Waals surface area contributed by atoms with Gasteiger partial charge in [-0.25, -0.2) is 8.78 Å². The minimum atomic E-state index is -0.530. The van der Waals surface area contributed by atoms with Gasteiger partial charge in [-0.15, -0.1) is 0 Å². The fourth-order valence-corrected chi connectivity index (χ4v) is 3.30. The minimum absolute atomic E-state index is 0.0618. The summed E-state index contributed by atoms with van der Waals surface area (Å²) in [5, 5.41) is 12.0. The van der Waals surface area contributed by atoms with E-state index in [1.54, 1.807) is 38.4 Å². The maximum absolute atomic E-state index is 14.8. The van der Waals surface area contributed by atoms with Crippen LogP contribution in [0.15, 0.2) is 59.6 Å². The van der Waals surface area contributed by atoms with Crippen molar-refractivity contribution in [1.29, 1.82) is 5.26 Å². The molecule has 3 aromatic carbocycles. The average molecular weight is 465 g/mol. The molecule has 0 aliphatic carbocycles. The molecule has 0 aliphatic heterocycles. The summed E-state index contributed by atoms with van der Waals surface area (Å²) in [6.45, 7) is 1.05. The number of benzene rings is 3. The lowest BCUT2D eigenvalue weighted by Crippen LogP contribution is -2.29. The number of hydrogen-bond donors (Lipinski definition) is 2. The topological polar surface area (TPSA) is 92.7 Å². The molecule has 3 N–H and O–H groups in total. The molecule has 0 aromatic heterocycles. The molecule has 0 saturated carbocycles. The number of amidine groups is 1. The third-order valence-corrected chi connectivity index (χ3v) is 5.23. The van der Waals surface area contributed by atoms with Crippen molar-refractivity contribution in [3.8, 4) is 22.9 Å². The van der Waals surface area contributed by atoms with Crippen molar-refractivity contribution in [2.75, 3.05) is 33.0 Å². The van der Waals surface area contributed by atoms with Crippen LogP contribution in [-0.4, -0.2) is 33.1 Å². The van der Waals surface area contributed by atoms with Crippen molar-refractivity contribution < 1.29 is 18.3 Å². The number of anilines is 1. The Labute approximate surface area is 197 Å². The Morgan fingerprint density at radius 2 is 1.74 bits per heavy atom. The zero-order valence-corrected chi connectivity index (χ0v) is 19.1. The molecule has 0 atom stereocenters. The second kappa shape index (κ2) is 11.8. The van der Waals surface area contributed by atoms with E-state index in [0.717, 1.165) is 6.07 Å². The molecule has 0 radical (unpaired) electrons. The quantitative estimate of drug-likeness (QED) is 0.211. The third-order valence-electron chi connectivity index (χ3n) is 5.23. The number of nitrogen functional groups attached to an aromatic ring is 1. The van der Waals surface area contributed by atoms with Crippen LogP contribution in [0.4, 0.5) is 14.5 Å². The fourth-order valence-electron chi connectivity index (χ4n) is 3.30. The van der Waals surface area contributed by atoms with Crippen LogP contribution >= 0.6 is 0 Å². The van der Waals surface area contributed by atoms with Gasteiger partial charge in [0.15, 0.2) is 0 Å². The Bertz CT molecular complexity index is 1220. The van der Waals surface area contributed by atoms with Gasteiger partial charge in [0, 0.05) is 32.7 Å². The van der Waals surface area contributed by atoms with Crippen molar-refractivity contribution in [3.63, 3.8) is 0 Å². The van der Waals surface area contributed by atoms with Crippen LogP contribution in [0.1, 0.15) is 16.7 Å². The molecule has 8 heteroatoms. The highest BCUT2D eigenvalue weighted by molar-refractivity contribution is 5.84. The zero-order valence-electron chi connectivity index (χ0n) is 19.1. The molecule has 0 amide bonds. The molecule has 0 fully saturated rings. The van der Waals surface area contributed by atoms with Crippen molar-refractivity contribution in [3.05, 3.63) is 82.9 Å². The number of hydrogen-bond acceptors (Lipinski definition) is 5. The van der Waals surface area contributed by atoms with Crippen LogP contribution in [0.25, 0.3) is 11.1 Å². The highest BCUT2D eigenvalue weighted by Crippen LogP contribution is 2.31. The van der Waals surface area contributed by atoms with Crippen molar-refractivity contribution in [1.82, 2.24) is 5.32 Å². The van der Waals surface area contributed by atoms with Crippen LogP contribution in [0.5, 0.6) is 5.75 Å². The number of nitrogens with zero attached hydrogens (tertiary/aromatic N) is 2. The van der Waals surface area contributed by atoms with Crippen molar-refractivity contribution in [2.45, 2.75) is 13.0 Å². The normalized spacial score (nSPS) is 11.2. The highest BCUT2D eigenvalue weighted by atomic mass is 19.1. The van der Waals surface area contributed by atoms with E-state index in [-0.39, 0.29) is 18.0 Å². The smallest absolute Gasteiger partial charge is 0.143 e. The number of rotatable bonds is 9. The number of aliphatic imine (C=N–C) groups is 1. The first kappa shape index (κ1) is 24.7. The van der Waals surface area contributed by atoms with E-state index >= 15 is 0 Å². The molecular formula is C26H26F2N4O2. The molecule has 0 saturated heterocycles. The molecule has 3 aromatic rings. The van der Waals surface area contributed by atoms with Gasteiger partial charge in [-0.3, -0.25) is 4.99 Å². The van der Waals surface area contributed by atoms with Gasteiger partial charge >= 0.3 is 0 Å². The maximum Gasteiger partial charge on any atom is 0.143 e. The number of halogens is 2. The molecular weight excluding hydrogens is 438 g/mol. The van der Waals surface area contributed by atoms with E-state index in [9.17, 15) is 8.78 Å². The first-order chi connectivity index (χ1) is 16.4. The average Bonchev–Trinajstić information content (AvgIpc) is 2.84. The zero-order chi connectivity index (χ0) is 24.5. The predicted molar refractivity (Wildman–Crippen MR) is 129 cm³/mol. The van der Waals surface area contributed by atoms with E-state index in [1.807, 2.05) is 12.1 Å². The summed E-state index contributed by atoms with van der Waals surface area (Å²) in [5.74, 6) is 0.139. The summed E-state index contributed by atoms with van der Waals surface area (Å²) in [4.78, 5) is 4.17. The van der Waals surface area contributed by atoms with Gasteiger partial charge in [-0.2, -0.15) is 5.26 Å². The lowest BCUT2D eigenvalue weighted by molar-refractivity contribution is 0.204. The first-order valence-electron chi connectivity index (χ1n) is 10.6. The largest absolute Gasteiger partial charge is 0.487 e. The van der Waals surface area contributed by atoms with E-state index in [2.05, 4.69) is 10.3 Å². The molecule has 0 aliphatic rings. The van der Waals surface area contributed by atoms with Crippen molar-refractivity contribution >= 4 is 11.5 Å². The Morgan fingerprint density at radius 1 is 1.03 bits per heavy atom. The van der Waals surface area contributed by atoms with Crippen molar-refractivity contribution in [2.24, 2.45) is 4.99 Å². The molecule has 3 rings (SSSR count). The Hall–Kier alpha value is -3.96. The lowest BCUT2D eigenvalue weighted by Gasteiger charge is -2.13. The number of nitrogens with one attached hydrogen (secondary N) is 1. The summed E-state index contributed by atoms with van der Waals surface area (Å²) in [7, 11) is 3.27. The number of nitriles is 1. The second-order valence-corrected chi connectivity index (χ2v) is 7.53. The molecule has 34 heavy (non-hydrogen) atoms. The van der Waals surface area contributed by atoms with Crippen LogP contribution in [0, 0.1) is 23.0 Å². The Balaban J connectivity index is 1.74. The highest BCUT2D eigenvalue weighted by Gasteiger charge is 2.11. The van der Waals surface area contributed by atoms with Gasteiger partial charge in [0.2, 0.25) is 0 Å². The van der Waals surface area contributed by atoms with Gasteiger partial charge < -0.3 is 20.5 Å². The number of nitrogens with two attached hydrogens (primary N) is 1. The maximum atomic E-state index is 14.8. The first-order valence-corrected chi connectivity index (χ1v) is 10.6. The van der Waals surface area contributed by atoms with Crippen LogP contribution < -0.4 is 15.8 Å². The summed E-state index contributed by atoms with van der Waals surface area (Å²) < 4.78 is 39.7. The van der Waals surface area contributed by atoms with Gasteiger partial charge in [0.1, 0.15) is 29.8 Å². The second-order valence-electron chi connectivity index (χ2n) is 7.53. The lowest BCUT2D eigenvalue weighted by atomic mass is 10.0. The van der Waals surface area contributed by atoms with Crippen LogP contribution in [-0.2, 0) is 17.8 Å². The van der Waals surface area contributed by atoms with Crippen LogP contribution in [0.3, 0.4) is 0 Å². The van der Waals surface area contributed by atoms with E-state index in [0.29, 0.717) is 59.1 Å².